The third-order valence-electron chi connectivity index (χ3n) is 3.72. The van der Waals surface area contributed by atoms with Crippen LogP contribution in [0.3, 0.4) is 0 Å². The van der Waals surface area contributed by atoms with Crippen LogP contribution in [-0.2, 0) is 9.59 Å². The van der Waals surface area contributed by atoms with Crippen molar-refractivity contribution in [3.05, 3.63) is 63.6 Å². The Hall–Kier alpha value is -2.50. The topological polar surface area (TPSA) is 52.7 Å². The first-order chi connectivity index (χ1) is 11.8. The number of nitrogens with zero attached hydrogens (tertiary/aromatic N) is 2. The molecule has 3 rings (SSSR count). The summed E-state index contributed by atoms with van der Waals surface area (Å²) in [6, 6.07) is 12.2. The number of benzene rings is 2. The van der Waals surface area contributed by atoms with Gasteiger partial charge in [0.15, 0.2) is 0 Å². The van der Waals surface area contributed by atoms with Gasteiger partial charge in [0.25, 0.3) is 11.8 Å². The second-order valence-corrected chi connectivity index (χ2v) is 6.63. The molecular weight excluding hydrogens is 361 g/mol. The fraction of sp³-hybridized carbons (Fsp3) is 0.111. The number of amides is 2. The lowest BCUT2D eigenvalue weighted by atomic mass is 10.1. The van der Waals surface area contributed by atoms with Crippen molar-refractivity contribution >= 4 is 52.5 Å². The molecule has 0 aromatic heterocycles. The molecule has 1 heterocycles. The fourth-order valence-corrected chi connectivity index (χ4v) is 2.96. The van der Waals surface area contributed by atoms with Crippen LogP contribution in [-0.4, -0.2) is 25.9 Å². The SMILES string of the molecule is CN(C)c1ccc(/C=C2\C(=O)NN(c3cc(Cl)cc(Cl)c3)C2=O)cc1. The van der Waals surface area contributed by atoms with E-state index >= 15 is 0 Å². The first kappa shape index (κ1) is 17.3. The Balaban J connectivity index is 1.90. The van der Waals surface area contributed by atoms with Gasteiger partial charge in [0.1, 0.15) is 5.57 Å². The Morgan fingerprint density at radius 1 is 1.00 bits per heavy atom. The summed E-state index contributed by atoms with van der Waals surface area (Å²) < 4.78 is 0. The second kappa shape index (κ2) is 6.78. The normalized spacial score (nSPS) is 15.7. The molecule has 1 fully saturated rings. The third kappa shape index (κ3) is 3.62. The van der Waals surface area contributed by atoms with E-state index in [9.17, 15) is 9.59 Å². The Bertz CT molecular complexity index is 856. The van der Waals surface area contributed by atoms with Crippen LogP contribution < -0.4 is 15.3 Å². The van der Waals surface area contributed by atoms with Gasteiger partial charge < -0.3 is 4.90 Å². The molecule has 1 aliphatic heterocycles. The smallest absolute Gasteiger partial charge is 0.282 e. The van der Waals surface area contributed by atoms with E-state index in [4.69, 9.17) is 23.2 Å². The van der Waals surface area contributed by atoms with Gasteiger partial charge >= 0.3 is 0 Å². The molecule has 0 spiro atoms. The van der Waals surface area contributed by atoms with Crippen molar-refractivity contribution in [3.63, 3.8) is 0 Å². The molecule has 2 amide bonds. The molecular formula is C18H15Cl2N3O2. The van der Waals surface area contributed by atoms with Crippen molar-refractivity contribution in [2.75, 3.05) is 24.0 Å². The highest BCUT2D eigenvalue weighted by molar-refractivity contribution is 6.36. The number of nitrogens with one attached hydrogen (secondary N) is 1. The lowest BCUT2D eigenvalue weighted by molar-refractivity contribution is -0.117. The molecule has 2 aromatic rings. The van der Waals surface area contributed by atoms with Gasteiger partial charge in [-0.25, -0.2) is 5.01 Å². The summed E-state index contributed by atoms with van der Waals surface area (Å²) in [4.78, 5) is 26.8. The van der Waals surface area contributed by atoms with E-state index in [1.54, 1.807) is 24.3 Å². The number of rotatable bonds is 3. The summed E-state index contributed by atoms with van der Waals surface area (Å²) in [7, 11) is 3.88. The number of carbonyl (C=O) groups is 2. The fourth-order valence-electron chi connectivity index (χ4n) is 2.44. The molecule has 1 N–H and O–H groups in total. The van der Waals surface area contributed by atoms with Gasteiger partial charge in [-0.2, -0.15) is 0 Å². The van der Waals surface area contributed by atoms with E-state index in [0.717, 1.165) is 16.3 Å². The Morgan fingerprint density at radius 3 is 2.16 bits per heavy atom. The van der Waals surface area contributed by atoms with Crippen LogP contribution in [0.15, 0.2) is 48.0 Å². The lowest BCUT2D eigenvalue weighted by Gasteiger charge is -2.15. The average Bonchev–Trinajstić information content (AvgIpc) is 2.82. The predicted octanol–water partition coefficient (Wildman–Crippen LogP) is 3.52. The maximum absolute atomic E-state index is 12.6. The largest absolute Gasteiger partial charge is 0.378 e. The average molecular weight is 376 g/mol. The van der Waals surface area contributed by atoms with Crippen molar-refractivity contribution in [3.8, 4) is 0 Å². The van der Waals surface area contributed by atoms with Crippen molar-refractivity contribution in [2.24, 2.45) is 0 Å². The van der Waals surface area contributed by atoms with Gasteiger partial charge in [-0.1, -0.05) is 35.3 Å². The summed E-state index contributed by atoms with van der Waals surface area (Å²) in [6.07, 6.45) is 1.56. The lowest BCUT2D eigenvalue weighted by Crippen LogP contribution is -2.35. The van der Waals surface area contributed by atoms with E-state index in [2.05, 4.69) is 5.43 Å². The predicted molar refractivity (Wildman–Crippen MR) is 101 cm³/mol. The van der Waals surface area contributed by atoms with E-state index < -0.39 is 11.8 Å². The number of anilines is 2. The van der Waals surface area contributed by atoms with E-state index in [-0.39, 0.29) is 5.57 Å². The zero-order valence-corrected chi connectivity index (χ0v) is 15.1. The summed E-state index contributed by atoms with van der Waals surface area (Å²) in [5, 5.41) is 1.89. The van der Waals surface area contributed by atoms with Crippen molar-refractivity contribution < 1.29 is 9.59 Å². The zero-order chi connectivity index (χ0) is 18.1. The molecule has 0 bridgehead atoms. The minimum Gasteiger partial charge on any atom is -0.378 e. The molecule has 1 aliphatic rings. The van der Waals surface area contributed by atoms with Crippen LogP contribution in [0.4, 0.5) is 11.4 Å². The Morgan fingerprint density at radius 2 is 1.60 bits per heavy atom. The molecule has 2 aromatic carbocycles. The van der Waals surface area contributed by atoms with Gasteiger partial charge in [-0.3, -0.25) is 15.0 Å². The molecule has 128 valence electrons. The summed E-state index contributed by atoms with van der Waals surface area (Å²) in [6.45, 7) is 0. The van der Waals surface area contributed by atoms with E-state index in [1.807, 2.05) is 43.3 Å². The maximum Gasteiger partial charge on any atom is 0.282 e. The number of hydrogen-bond acceptors (Lipinski definition) is 3. The Labute approximate surface area is 155 Å². The van der Waals surface area contributed by atoms with Crippen LogP contribution in [0.25, 0.3) is 6.08 Å². The molecule has 25 heavy (non-hydrogen) atoms. The molecule has 1 saturated heterocycles. The molecule has 0 unspecified atom stereocenters. The molecule has 0 aliphatic carbocycles. The Kier molecular flexibility index (Phi) is 4.70. The first-order valence-electron chi connectivity index (χ1n) is 7.46. The summed E-state index contributed by atoms with van der Waals surface area (Å²) >= 11 is 11.9. The maximum atomic E-state index is 12.6. The summed E-state index contributed by atoms with van der Waals surface area (Å²) in [5.74, 6) is -0.933. The molecule has 0 atom stereocenters. The number of halogens is 2. The molecule has 7 heteroatoms. The quantitative estimate of drug-likeness (QED) is 0.659. The van der Waals surface area contributed by atoms with Crippen LogP contribution in [0.5, 0.6) is 0 Å². The molecule has 0 saturated carbocycles. The standard InChI is InChI=1S/C18H15Cl2N3O2/c1-22(2)14-5-3-11(4-6-14)7-16-17(24)21-23(18(16)25)15-9-12(19)8-13(20)10-15/h3-10H,1-2H3,(H,21,24)/b16-7+. The van der Waals surface area contributed by atoms with Crippen LogP contribution in [0, 0.1) is 0 Å². The first-order valence-corrected chi connectivity index (χ1v) is 8.21. The minimum atomic E-state index is -0.474. The number of hydrogen-bond donors (Lipinski definition) is 1. The summed E-state index contributed by atoms with van der Waals surface area (Å²) in [5.41, 5.74) is 4.77. The monoisotopic (exact) mass is 375 g/mol. The zero-order valence-electron chi connectivity index (χ0n) is 13.6. The van der Waals surface area contributed by atoms with Gasteiger partial charge in [-0.05, 0) is 42.0 Å². The van der Waals surface area contributed by atoms with Gasteiger partial charge in [0.2, 0.25) is 0 Å². The highest BCUT2D eigenvalue weighted by Gasteiger charge is 2.34. The van der Waals surface area contributed by atoms with Crippen molar-refractivity contribution in [1.29, 1.82) is 0 Å². The van der Waals surface area contributed by atoms with E-state index in [1.165, 1.54) is 0 Å². The number of hydrazine groups is 1. The van der Waals surface area contributed by atoms with Gasteiger partial charge in [-0.15, -0.1) is 0 Å². The minimum absolute atomic E-state index is 0.0497. The third-order valence-corrected chi connectivity index (χ3v) is 4.15. The van der Waals surface area contributed by atoms with E-state index in [0.29, 0.717) is 15.7 Å². The van der Waals surface area contributed by atoms with Crippen LogP contribution >= 0.6 is 23.2 Å². The van der Waals surface area contributed by atoms with Crippen LogP contribution in [0.1, 0.15) is 5.56 Å². The van der Waals surface area contributed by atoms with Crippen molar-refractivity contribution in [1.82, 2.24) is 5.43 Å². The van der Waals surface area contributed by atoms with Crippen LogP contribution in [0.2, 0.25) is 10.0 Å². The molecule has 0 radical (unpaired) electrons. The van der Waals surface area contributed by atoms with Gasteiger partial charge in [0.05, 0.1) is 5.69 Å². The second-order valence-electron chi connectivity index (χ2n) is 5.75. The molecule has 5 nitrogen and oxygen atoms in total. The highest BCUT2D eigenvalue weighted by atomic mass is 35.5. The van der Waals surface area contributed by atoms with Crippen molar-refractivity contribution in [2.45, 2.75) is 0 Å². The van der Waals surface area contributed by atoms with Gasteiger partial charge in [0, 0.05) is 29.8 Å². The highest BCUT2D eigenvalue weighted by Crippen LogP contribution is 2.28. The number of carbonyl (C=O) groups excluding carboxylic acids is 2.